The van der Waals surface area contributed by atoms with E-state index in [4.69, 9.17) is 0 Å². The normalized spacial score (nSPS) is 11.8. The minimum absolute atomic E-state index is 1.11. The second kappa shape index (κ2) is 15.7. The summed E-state index contributed by atoms with van der Waals surface area (Å²) in [6.07, 6.45) is 0. The van der Waals surface area contributed by atoms with Crippen LogP contribution >= 0.6 is 22.7 Å². The van der Waals surface area contributed by atoms with Crippen LogP contribution in [0.5, 0.6) is 0 Å². The standard InChI is InChI=1S/C64H40N2S2/c1-3-11-41(12-4-1)43-19-27-47(28-20-43)65(49-31-37-61-55(39-49)51-15-7-9-17-59(51)67-61)57-35-25-45-24-34-54-58(36-26-46-23-33-53(57)63(45)64(46)54)66(48-29-21-44(22-30-48)42-13-5-2-6-14-42)50-32-38-62-56(40-50)52-16-8-10-18-60(52)68-62/h1-40H. The maximum atomic E-state index is 2.47. The average molecular weight is 901 g/mol. The number of thiophene rings is 2. The number of hydrogen-bond donors (Lipinski definition) is 0. The van der Waals surface area contributed by atoms with Gasteiger partial charge in [-0.1, -0.05) is 158 Å². The molecule has 68 heavy (non-hydrogen) atoms. The summed E-state index contributed by atoms with van der Waals surface area (Å²) in [5, 5.41) is 12.6. The predicted octanol–water partition coefficient (Wildman–Crippen LogP) is 19.6. The van der Waals surface area contributed by atoms with Crippen molar-refractivity contribution in [2.45, 2.75) is 0 Å². The minimum atomic E-state index is 1.11. The molecule has 0 unspecified atom stereocenters. The number of hydrogen-bond acceptors (Lipinski definition) is 4. The van der Waals surface area contributed by atoms with Gasteiger partial charge < -0.3 is 9.80 Å². The van der Waals surface area contributed by atoms with E-state index in [0.717, 1.165) is 34.1 Å². The maximum absolute atomic E-state index is 2.47. The molecule has 0 saturated heterocycles. The van der Waals surface area contributed by atoms with E-state index in [-0.39, 0.29) is 0 Å². The fourth-order valence-electron chi connectivity index (χ4n) is 10.6. The van der Waals surface area contributed by atoms with Gasteiger partial charge in [0.1, 0.15) is 0 Å². The Morgan fingerprint density at radius 2 is 0.588 bits per heavy atom. The summed E-state index contributed by atoms with van der Waals surface area (Å²) in [6.45, 7) is 0. The Bertz CT molecular complexity index is 3920. The van der Waals surface area contributed by atoms with E-state index in [1.54, 1.807) is 0 Å². The molecule has 0 bridgehead atoms. The Kier molecular flexibility index (Phi) is 8.98. The molecule has 0 radical (unpaired) electrons. The second-order valence-electron chi connectivity index (χ2n) is 17.6. The predicted molar refractivity (Wildman–Crippen MR) is 296 cm³/mol. The number of nitrogens with zero attached hydrogens (tertiary/aromatic N) is 2. The first kappa shape index (κ1) is 38.9. The molecule has 2 aromatic heterocycles. The summed E-state index contributed by atoms with van der Waals surface area (Å²) in [4.78, 5) is 4.93. The zero-order valence-electron chi connectivity index (χ0n) is 36.8. The van der Waals surface area contributed by atoms with Crippen molar-refractivity contribution >= 4 is 129 Å². The van der Waals surface area contributed by atoms with Crippen molar-refractivity contribution in [3.05, 3.63) is 243 Å². The van der Waals surface area contributed by atoms with E-state index in [0.29, 0.717) is 0 Å². The first-order valence-electron chi connectivity index (χ1n) is 23.1. The molecule has 318 valence electrons. The fourth-order valence-corrected chi connectivity index (χ4v) is 12.8. The Labute approximate surface area is 401 Å². The molecule has 4 heteroatoms. The highest BCUT2D eigenvalue weighted by Gasteiger charge is 2.23. The van der Waals surface area contributed by atoms with E-state index in [9.17, 15) is 0 Å². The number of fused-ring (bicyclic) bond motifs is 6. The third kappa shape index (κ3) is 6.30. The van der Waals surface area contributed by atoms with Crippen molar-refractivity contribution in [1.29, 1.82) is 0 Å². The molecular weight excluding hydrogens is 861 g/mol. The fraction of sp³-hybridized carbons (Fsp3) is 0. The van der Waals surface area contributed by atoms with Crippen LogP contribution in [0.25, 0.3) is 94.9 Å². The van der Waals surface area contributed by atoms with E-state index in [2.05, 4.69) is 252 Å². The molecule has 14 aromatic rings. The van der Waals surface area contributed by atoms with Gasteiger partial charge in [0.05, 0.1) is 11.4 Å². The van der Waals surface area contributed by atoms with Crippen LogP contribution in [0.3, 0.4) is 0 Å². The van der Waals surface area contributed by atoms with Gasteiger partial charge in [0.25, 0.3) is 0 Å². The SMILES string of the molecule is c1ccc(-c2ccc(N(c3ccc4sc5ccccc5c4c3)c3ccc4ccc5c(N(c6ccc(-c7ccccc7)cc6)c6ccc7sc8ccccc8c7c6)ccc6ccc3c4c65)cc2)cc1. The van der Waals surface area contributed by atoms with E-state index < -0.39 is 0 Å². The lowest BCUT2D eigenvalue weighted by molar-refractivity contribution is 1.30. The van der Waals surface area contributed by atoms with Gasteiger partial charge in [-0.05, 0) is 129 Å². The van der Waals surface area contributed by atoms with Crippen molar-refractivity contribution in [3.8, 4) is 22.3 Å². The maximum Gasteiger partial charge on any atom is 0.0540 e. The van der Waals surface area contributed by atoms with Gasteiger partial charge in [0, 0.05) is 73.9 Å². The van der Waals surface area contributed by atoms with Gasteiger partial charge in [-0.2, -0.15) is 0 Å². The van der Waals surface area contributed by atoms with Crippen LogP contribution in [0.2, 0.25) is 0 Å². The van der Waals surface area contributed by atoms with Crippen molar-refractivity contribution in [2.24, 2.45) is 0 Å². The lowest BCUT2D eigenvalue weighted by Crippen LogP contribution is -2.11. The lowest BCUT2D eigenvalue weighted by Gasteiger charge is -2.29. The Balaban J connectivity index is 0.983. The first-order chi connectivity index (χ1) is 33.7. The largest absolute Gasteiger partial charge is 0.310 e. The molecule has 0 atom stereocenters. The summed E-state index contributed by atoms with van der Waals surface area (Å²) in [5.41, 5.74) is 11.6. The van der Waals surface area contributed by atoms with Crippen molar-refractivity contribution in [1.82, 2.24) is 0 Å². The summed E-state index contributed by atoms with van der Waals surface area (Å²) < 4.78 is 5.20. The van der Waals surface area contributed by atoms with Crippen molar-refractivity contribution < 1.29 is 0 Å². The highest BCUT2D eigenvalue weighted by atomic mass is 32.1. The second-order valence-corrected chi connectivity index (χ2v) is 19.8. The van der Waals surface area contributed by atoms with E-state index in [1.807, 2.05) is 22.7 Å². The number of rotatable bonds is 8. The van der Waals surface area contributed by atoms with Crippen LogP contribution in [0, 0.1) is 0 Å². The number of anilines is 6. The minimum Gasteiger partial charge on any atom is -0.310 e. The average Bonchev–Trinajstić information content (AvgIpc) is 3.98. The monoisotopic (exact) mass is 900 g/mol. The molecule has 0 aliphatic heterocycles. The molecule has 0 spiro atoms. The molecule has 0 N–H and O–H groups in total. The molecule has 0 aliphatic carbocycles. The Hall–Kier alpha value is -8.28. The molecule has 0 fully saturated rings. The van der Waals surface area contributed by atoms with Gasteiger partial charge in [0.15, 0.2) is 0 Å². The van der Waals surface area contributed by atoms with Crippen LogP contribution in [-0.2, 0) is 0 Å². The van der Waals surface area contributed by atoms with Gasteiger partial charge >= 0.3 is 0 Å². The lowest BCUT2D eigenvalue weighted by atomic mass is 9.91. The molecular formula is C64H40N2S2. The van der Waals surface area contributed by atoms with Gasteiger partial charge in [-0.15, -0.1) is 22.7 Å². The summed E-state index contributed by atoms with van der Waals surface area (Å²) in [5.74, 6) is 0. The van der Waals surface area contributed by atoms with Crippen LogP contribution in [0.4, 0.5) is 34.1 Å². The van der Waals surface area contributed by atoms with E-state index >= 15 is 0 Å². The van der Waals surface area contributed by atoms with Crippen LogP contribution in [0.1, 0.15) is 0 Å². The molecule has 0 aliphatic rings. The third-order valence-electron chi connectivity index (χ3n) is 13.8. The van der Waals surface area contributed by atoms with Crippen LogP contribution < -0.4 is 9.80 Å². The zero-order chi connectivity index (χ0) is 44.7. The highest BCUT2D eigenvalue weighted by Crippen LogP contribution is 2.49. The van der Waals surface area contributed by atoms with E-state index in [1.165, 1.54) is 94.9 Å². The summed E-state index contributed by atoms with van der Waals surface area (Å²) in [7, 11) is 0. The summed E-state index contributed by atoms with van der Waals surface area (Å²) >= 11 is 3.72. The van der Waals surface area contributed by atoms with Gasteiger partial charge in [-0.3, -0.25) is 0 Å². The third-order valence-corrected chi connectivity index (χ3v) is 16.1. The number of benzene rings is 12. The Morgan fingerprint density at radius 1 is 0.235 bits per heavy atom. The summed E-state index contributed by atoms with van der Waals surface area (Å²) in [6, 6.07) is 89.7. The highest BCUT2D eigenvalue weighted by molar-refractivity contribution is 7.26. The van der Waals surface area contributed by atoms with Crippen molar-refractivity contribution in [3.63, 3.8) is 0 Å². The van der Waals surface area contributed by atoms with Crippen LogP contribution in [0.15, 0.2) is 243 Å². The quantitative estimate of drug-likeness (QED) is 0.140. The first-order valence-corrected chi connectivity index (χ1v) is 24.8. The molecule has 12 aromatic carbocycles. The Morgan fingerprint density at radius 3 is 1.03 bits per heavy atom. The molecule has 14 rings (SSSR count). The molecule has 0 saturated carbocycles. The molecule has 2 nitrogen and oxygen atoms in total. The van der Waals surface area contributed by atoms with Gasteiger partial charge in [-0.25, -0.2) is 0 Å². The zero-order valence-corrected chi connectivity index (χ0v) is 38.4. The topological polar surface area (TPSA) is 6.48 Å². The molecule has 2 heterocycles. The molecule has 0 amide bonds. The van der Waals surface area contributed by atoms with Crippen molar-refractivity contribution in [2.75, 3.05) is 9.80 Å². The van der Waals surface area contributed by atoms with Gasteiger partial charge in [0.2, 0.25) is 0 Å². The van der Waals surface area contributed by atoms with Crippen LogP contribution in [-0.4, -0.2) is 0 Å². The smallest absolute Gasteiger partial charge is 0.0540 e.